The molecule has 0 saturated heterocycles. The number of isothiocyanates is 1. The van der Waals surface area contributed by atoms with Crippen molar-refractivity contribution in [2.75, 3.05) is 0 Å². The average Bonchev–Trinajstić information content (AvgIpc) is 1.63. The molecule has 0 bridgehead atoms. The van der Waals surface area contributed by atoms with E-state index in [2.05, 4.69) is 43.1 Å². The predicted molar refractivity (Wildman–Crippen MR) is 43.6 cm³/mol. The second-order valence-corrected chi connectivity index (χ2v) is 3.08. The number of thiocarbonyl (C=S) groups is 1. The highest BCUT2D eigenvalue weighted by Gasteiger charge is 2.01. The Bertz CT molecular complexity index is 147. The van der Waals surface area contributed by atoms with Crippen molar-refractivity contribution >= 4 is 17.4 Å². The molecule has 0 saturated carbocycles. The number of allylic oxidation sites excluding steroid dienone is 1. The molecule has 0 spiro atoms. The van der Waals surface area contributed by atoms with Gasteiger partial charge < -0.3 is 0 Å². The lowest BCUT2D eigenvalue weighted by Gasteiger charge is -2.09. The van der Waals surface area contributed by atoms with Gasteiger partial charge in [0.1, 0.15) is 0 Å². The third kappa shape index (κ3) is 7.54. The van der Waals surface area contributed by atoms with Gasteiger partial charge in [0.15, 0.2) is 0 Å². The Hall–Kier alpha value is -0.460. The number of hydrogen-bond donors (Lipinski definition) is 0. The highest BCUT2D eigenvalue weighted by molar-refractivity contribution is 7.78. The van der Waals surface area contributed by atoms with E-state index in [1.807, 2.05) is 6.08 Å². The Kier molecular flexibility index (Phi) is 3.36. The molecule has 2 heteroatoms. The van der Waals surface area contributed by atoms with Crippen LogP contribution in [0.1, 0.15) is 20.8 Å². The summed E-state index contributed by atoms with van der Waals surface area (Å²) in [5, 5.41) is 2.26. The molecule has 0 heterocycles. The molecule has 0 atom stereocenters. The maximum absolute atomic E-state index is 4.37. The van der Waals surface area contributed by atoms with Gasteiger partial charge in [-0.1, -0.05) is 26.8 Å². The van der Waals surface area contributed by atoms with Gasteiger partial charge in [-0.15, -0.1) is 0 Å². The molecule has 0 unspecified atom stereocenters. The van der Waals surface area contributed by atoms with Crippen LogP contribution in [0.25, 0.3) is 0 Å². The molecule has 0 amide bonds. The monoisotopic (exact) mass is 141 g/mol. The van der Waals surface area contributed by atoms with Crippen molar-refractivity contribution in [3.63, 3.8) is 0 Å². The summed E-state index contributed by atoms with van der Waals surface area (Å²) in [7, 11) is 0. The molecule has 0 aromatic heterocycles. The number of aliphatic imine (C=N–C) groups is 1. The van der Waals surface area contributed by atoms with Crippen LogP contribution in [-0.2, 0) is 0 Å². The normalized spacial score (nSPS) is 11.4. The third-order valence-electron chi connectivity index (χ3n) is 0.702. The molecule has 9 heavy (non-hydrogen) atoms. The van der Waals surface area contributed by atoms with Crippen molar-refractivity contribution in [3.8, 4) is 0 Å². The second-order valence-electron chi connectivity index (χ2n) is 2.90. The number of hydrogen-bond acceptors (Lipinski definition) is 2. The molecule has 0 radical (unpaired) electrons. The van der Waals surface area contributed by atoms with Gasteiger partial charge in [-0.3, -0.25) is 0 Å². The van der Waals surface area contributed by atoms with Crippen LogP contribution >= 0.6 is 12.2 Å². The summed E-state index contributed by atoms with van der Waals surface area (Å²) in [4.78, 5) is 3.64. The van der Waals surface area contributed by atoms with Crippen LogP contribution in [0.2, 0.25) is 0 Å². The highest BCUT2D eigenvalue weighted by Crippen LogP contribution is 2.13. The van der Waals surface area contributed by atoms with Gasteiger partial charge in [0.05, 0.1) is 5.16 Å². The highest BCUT2D eigenvalue weighted by atomic mass is 32.1. The fourth-order valence-corrected chi connectivity index (χ4v) is 0.352. The molecule has 1 nitrogen and oxygen atoms in total. The first kappa shape index (κ1) is 8.54. The van der Waals surface area contributed by atoms with Gasteiger partial charge in [0, 0.05) is 6.20 Å². The Morgan fingerprint density at radius 2 is 2.00 bits per heavy atom. The second kappa shape index (κ2) is 3.54. The van der Waals surface area contributed by atoms with Crippen LogP contribution in [0.3, 0.4) is 0 Å². The van der Waals surface area contributed by atoms with Crippen LogP contribution in [0.4, 0.5) is 0 Å². The van der Waals surface area contributed by atoms with Gasteiger partial charge >= 0.3 is 0 Å². The SMILES string of the molecule is CC(C)(C)/C=C/N=C=S. The van der Waals surface area contributed by atoms with Crippen LogP contribution in [0.15, 0.2) is 17.3 Å². The Morgan fingerprint density at radius 1 is 1.44 bits per heavy atom. The van der Waals surface area contributed by atoms with E-state index in [9.17, 15) is 0 Å². The van der Waals surface area contributed by atoms with Gasteiger partial charge in [-0.2, -0.15) is 0 Å². The van der Waals surface area contributed by atoms with E-state index in [4.69, 9.17) is 0 Å². The average molecular weight is 141 g/mol. The van der Waals surface area contributed by atoms with E-state index in [0.29, 0.717) is 0 Å². The Labute approximate surface area is 61.5 Å². The van der Waals surface area contributed by atoms with Crippen molar-refractivity contribution < 1.29 is 0 Å². The van der Waals surface area contributed by atoms with Crippen LogP contribution in [0, 0.1) is 5.41 Å². The summed E-state index contributed by atoms with van der Waals surface area (Å²) in [6.07, 6.45) is 3.65. The molecular formula is C7H11NS. The molecule has 0 aromatic carbocycles. The first-order valence-corrected chi connectivity index (χ1v) is 3.22. The standard InChI is InChI=1S/C7H11NS/c1-7(2,3)4-5-8-6-9/h4-5H,1-3H3/b5-4+. The molecule has 0 aliphatic heterocycles. The van der Waals surface area contributed by atoms with Crippen molar-refractivity contribution in [2.45, 2.75) is 20.8 Å². The maximum atomic E-state index is 4.37. The van der Waals surface area contributed by atoms with E-state index in [1.54, 1.807) is 6.20 Å². The molecule has 50 valence electrons. The van der Waals surface area contributed by atoms with E-state index in [-0.39, 0.29) is 5.41 Å². The molecular weight excluding hydrogens is 130 g/mol. The van der Waals surface area contributed by atoms with E-state index in [0.717, 1.165) is 0 Å². The van der Waals surface area contributed by atoms with Crippen molar-refractivity contribution in [1.29, 1.82) is 0 Å². The summed E-state index contributed by atoms with van der Waals surface area (Å²) in [5.74, 6) is 0. The fourth-order valence-electron chi connectivity index (χ4n) is 0.291. The number of nitrogens with zero attached hydrogens (tertiary/aromatic N) is 1. The lowest BCUT2D eigenvalue weighted by Crippen LogP contribution is -1.97. The van der Waals surface area contributed by atoms with Gasteiger partial charge in [-0.25, -0.2) is 4.99 Å². The largest absolute Gasteiger partial charge is 0.203 e. The predicted octanol–water partition coefficient (Wildman–Crippen LogP) is 2.65. The maximum Gasteiger partial charge on any atom is 0.0634 e. The van der Waals surface area contributed by atoms with Crippen LogP contribution in [-0.4, -0.2) is 5.16 Å². The molecule has 0 fully saturated rings. The number of rotatable bonds is 1. The lowest BCUT2D eigenvalue weighted by atomic mass is 9.97. The first-order valence-electron chi connectivity index (χ1n) is 2.81. The quantitative estimate of drug-likeness (QED) is 0.404. The minimum absolute atomic E-state index is 0.190. The summed E-state index contributed by atoms with van der Waals surface area (Å²) in [6.45, 7) is 6.30. The molecule has 0 rings (SSSR count). The molecule has 0 N–H and O–H groups in total. The van der Waals surface area contributed by atoms with Gasteiger partial charge in [0.2, 0.25) is 0 Å². The van der Waals surface area contributed by atoms with Crippen molar-refractivity contribution in [1.82, 2.24) is 0 Å². The molecule has 0 aliphatic carbocycles. The molecule has 0 aromatic rings. The fraction of sp³-hybridized carbons (Fsp3) is 0.571. The third-order valence-corrected chi connectivity index (χ3v) is 0.807. The van der Waals surface area contributed by atoms with E-state index >= 15 is 0 Å². The zero-order chi connectivity index (χ0) is 7.33. The lowest BCUT2D eigenvalue weighted by molar-refractivity contribution is 0.543. The van der Waals surface area contributed by atoms with Crippen LogP contribution < -0.4 is 0 Å². The van der Waals surface area contributed by atoms with Gasteiger partial charge in [-0.05, 0) is 17.6 Å². The van der Waals surface area contributed by atoms with Gasteiger partial charge in [0.25, 0.3) is 0 Å². The molecule has 0 aliphatic rings. The first-order chi connectivity index (χ1) is 4.06. The zero-order valence-electron chi connectivity index (χ0n) is 6.01. The summed E-state index contributed by atoms with van der Waals surface area (Å²) in [6, 6.07) is 0. The van der Waals surface area contributed by atoms with E-state index in [1.165, 1.54) is 0 Å². The minimum atomic E-state index is 0.190. The van der Waals surface area contributed by atoms with Crippen molar-refractivity contribution in [2.24, 2.45) is 10.4 Å². The summed E-state index contributed by atoms with van der Waals surface area (Å²) >= 11 is 4.37. The smallest absolute Gasteiger partial charge is 0.0634 e. The van der Waals surface area contributed by atoms with Crippen molar-refractivity contribution in [3.05, 3.63) is 12.3 Å². The Morgan fingerprint density at radius 3 is 2.33 bits per heavy atom. The minimum Gasteiger partial charge on any atom is -0.203 e. The Balaban J connectivity index is 3.85. The van der Waals surface area contributed by atoms with E-state index < -0.39 is 0 Å². The topological polar surface area (TPSA) is 12.4 Å². The summed E-state index contributed by atoms with van der Waals surface area (Å²) < 4.78 is 0. The summed E-state index contributed by atoms with van der Waals surface area (Å²) in [5.41, 5.74) is 0.190. The zero-order valence-corrected chi connectivity index (χ0v) is 6.83. The van der Waals surface area contributed by atoms with Crippen LogP contribution in [0.5, 0.6) is 0 Å².